The summed E-state index contributed by atoms with van der Waals surface area (Å²) in [5, 5.41) is 12.0. The Hall–Kier alpha value is -1.69. The van der Waals surface area contributed by atoms with Crippen LogP contribution >= 0.6 is 0 Å². The summed E-state index contributed by atoms with van der Waals surface area (Å²) in [6, 6.07) is 2.14. The van der Waals surface area contributed by atoms with Crippen molar-refractivity contribution in [2.24, 2.45) is 0 Å². The van der Waals surface area contributed by atoms with Gasteiger partial charge in [-0.05, 0) is 26.5 Å². The summed E-state index contributed by atoms with van der Waals surface area (Å²) in [7, 11) is 1.89. The van der Waals surface area contributed by atoms with E-state index in [4.69, 9.17) is 0 Å². The van der Waals surface area contributed by atoms with Gasteiger partial charge in [-0.15, -0.1) is 0 Å². The van der Waals surface area contributed by atoms with Gasteiger partial charge < -0.3 is 5.32 Å². The summed E-state index contributed by atoms with van der Waals surface area (Å²) in [4.78, 5) is 4.24. The van der Waals surface area contributed by atoms with Crippen LogP contribution in [-0.4, -0.2) is 31.6 Å². The first kappa shape index (κ1) is 12.8. The number of rotatable bonds is 6. The van der Waals surface area contributed by atoms with Crippen LogP contribution in [0.3, 0.4) is 0 Å². The first-order chi connectivity index (χ1) is 8.76. The number of hydrogen-bond donors (Lipinski definition) is 1. The molecule has 2 heterocycles. The lowest BCUT2D eigenvalue weighted by atomic mass is 10.3. The molecular formula is C12H20N6. The molecule has 2 rings (SSSR count). The summed E-state index contributed by atoms with van der Waals surface area (Å²) in [5.74, 6) is 0.816. The molecular weight excluding hydrogens is 228 g/mol. The number of nitrogens with zero attached hydrogens (tertiary/aromatic N) is 5. The Balaban J connectivity index is 2.14. The fraction of sp³-hybridized carbons (Fsp3) is 0.583. The zero-order valence-corrected chi connectivity index (χ0v) is 11.2. The van der Waals surface area contributed by atoms with Crippen LogP contribution < -0.4 is 5.32 Å². The molecule has 0 bridgehead atoms. The molecule has 0 saturated heterocycles. The Labute approximate surface area is 107 Å². The largest absolute Gasteiger partial charge is 0.313 e. The van der Waals surface area contributed by atoms with E-state index in [-0.39, 0.29) is 0 Å². The van der Waals surface area contributed by atoms with E-state index in [2.05, 4.69) is 40.4 Å². The van der Waals surface area contributed by atoms with Crippen molar-refractivity contribution in [3.63, 3.8) is 0 Å². The summed E-state index contributed by atoms with van der Waals surface area (Å²) in [6.45, 7) is 6.52. The van der Waals surface area contributed by atoms with Crippen LogP contribution in [0.1, 0.15) is 31.1 Å². The molecule has 0 fully saturated rings. The van der Waals surface area contributed by atoms with Gasteiger partial charge in [0, 0.05) is 6.54 Å². The van der Waals surface area contributed by atoms with E-state index in [1.54, 1.807) is 6.33 Å². The molecule has 0 aliphatic heterocycles. The molecule has 0 atom stereocenters. The maximum atomic E-state index is 4.53. The highest BCUT2D eigenvalue weighted by molar-refractivity contribution is 5.10. The average Bonchev–Trinajstić information content (AvgIpc) is 2.97. The van der Waals surface area contributed by atoms with Gasteiger partial charge in [-0.2, -0.15) is 10.2 Å². The SMILES string of the molecule is CCc1cc(Cn2cnc(CNC)n2)n(CC)n1. The van der Waals surface area contributed by atoms with Gasteiger partial charge in [0.1, 0.15) is 6.33 Å². The third kappa shape index (κ3) is 2.76. The molecule has 0 spiro atoms. The molecule has 18 heavy (non-hydrogen) atoms. The number of aromatic nitrogens is 5. The lowest BCUT2D eigenvalue weighted by Gasteiger charge is -2.03. The van der Waals surface area contributed by atoms with Crippen LogP contribution in [0, 0.1) is 0 Å². The number of aryl methyl sites for hydroxylation is 2. The van der Waals surface area contributed by atoms with Crippen LogP contribution in [0.15, 0.2) is 12.4 Å². The minimum Gasteiger partial charge on any atom is -0.313 e. The topological polar surface area (TPSA) is 60.6 Å². The highest BCUT2D eigenvalue weighted by Crippen LogP contribution is 2.07. The van der Waals surface area contributed by atoms with E-state index in [0.29, 0.717) is 6.54 Å². The van der Waals surface area contributed by atoms with Crippen molar-refractivity contribution >= 4 is 0 Å². The minimum atomic E-state index is 0.695. The van der Waals surface area contributed by atoms with E-state index in [9.17, 15) is 0 Å². The molecule has 1 N–H and O–H groups in total. The lowest BCUT2D eigenvalue weighted by Crippen LogP contribution is -2.10. The zero-order valence-electron chi connectivity index (χ0n) is 11.2. The van der Waals surface area contributed by atoms with E-state index in [0.717, 1.165) is 31.0 Å². The number of nitrogens with one attached hydrogen (secondary N) is 1. The molecule has 0 radical (unpaired) electrons. The maximum Gasteiger partial charge on any atom is 0.164 e. The van der Waals surface area contributed by atoms with E-state index in [1.165, 1.54) is 5.69 Å². The first-order valence-corrected chi connectivity index (χ1v) is 6.35. The smallest absolute Gasteiger partial charge is 0.164 e. The lowest BCUT2D eigenvalue weighted by molar-refractivity contribution is 0.569. The molecule has 0 aliphatic rings. The molecule has 6 nitrogen and oxygen atoms in total. The fourth-order valence-electron chi connectivity index (χ4n) is 1.90. The van der Waals surface area contributed by atoms with Gasteiger partial charge in [-0.1, -0.05) is 6.92 Å². The minimum absolute atomic E-state index is 0.695. The highest BCUT2D eigenvalue weighted by Gasteiger charge is 2.07. The van der Waals surface area contributed by atoms with Crippen molar-refractivity contribution in [1.29, 1.82) is 0 Å². The standard InChI is InChI=1S/C12H20N6/c1-4-10-6-11(18(5-2)15-10)8-17-9-14-12(16-17)7-13-3/h6,9,13H,4-5,7-8H2,1-3H3. The molecule has 0 amide bonds. The summed E-state index contributed by atoms with van der Waals surface area (Å²) >= 11 is 0. The maximum absolute atomic E-state index is 4.53. The van der Waals surface area contributed by atoms with Crippen molar-refractivity contribution in [1.82, 2.24) is 29.9 Å². The third-order valence-electron chi connectivity index (χ3n) is 2.82. The van der Waals surface area contributed by atoms with Crippen molar-refractivity contribution in [3.8, 4) is 0 Å². The Bertz CT molecular complexity index is 498. The molecule has 2 aromatic heterocycles. The molecule has 0 saturated carbocycles. The monoisotopic (exact) mass is 248 g/mol. The average molecular weight is 248 g/mol. The summed E-state index contributed by atoms with van der Waals surface area (Å²) < 4.78 is 3.88. The molecule has 2 aromatic rings. The van der Waals surface area contributed by atoms with Gasteiger partial charge in [0.15, 0.2) is 5.82 Å². The predicted molar refractivity (Wildman–Crippen MR) is 69.2 cm³/mol. The summed E-state index contributed by atoms with van der Waals surface area (Å²) in [5.41, 5.74) is 2.30. The second kappa shape index (κ2) is 5.77. The van der Waals surface area contributed by atoms with Crippen molar-refractivity contribution in [2.45, 2.75) is 39.9 Å². The Kier molecular flexibility index (Phi) is 4.09. The quantitative estimate of drug-likeness (QED) is 0.822. The Morgan fingerprint density at radius 2 is 2.11 bits per heavy atom. The van der Waals surface area contributed by atoms with Crippen LogP contribution in [0.2, 0.25) is 0 Å². The number of hydrogen-bond acceptors (Lipinski definition) is 4. The zero-order chi connectivity index (χ0) is 13.0. The second-order valence-corrected chi connectivity index (χ2v) is 4.19. The van der Waals surface area contributed by atoms with Crippen LogP contribution in [0.5, 0.6) is 0 Å². The van der Waals surface area contributed by atoms with Crippen molar-refractivity contribution in [2.75, 3.05) is 7.05 Å². The van der Waals surface area contributed by atoms with E-state index >= 15 is 0 Å². The van der Waals surface area contributed by atoms with Gasteiger partial charge in [0.2, 0.25) is 0 Å². The van der Waals surface area contributed by atoms with Crippen LogP contribution in [0.4, 0.5) is 0 Å². The molecule has 0 aliphatic carbocycles. The van der Waals surface area contributed by atoms with Gasteiger partial charge >= 0.3 is 0 Å². The van der Waals surface area contributed by atoms with Crippen LogP contribution in [-0.2, 0) is 26.1 Å². The normalized spacial score (nSPS) is 11.1. The van der Waals surface area contributed by atoms with E-state index in [1.807, 2.05) is 16.4 Å². The van der Waals surface area contributed by atoms with Crippen LogP contribution in [0.25, 0.3) is 0 Å². The van der Waals surface area contributed by atoms with Gasteiger partial charge in [-0.3, -0.25) is 4.68 Å². The molecule has 0 aromatic carbocycles. The van der Waals surface area contributed by atoms with Gasteiger partial charge in [-0.25, -0.2) is 9.67 Å². The van der Waals surface area contributed by atoms with E-state index < -0.39 is 0 Å². The second-order valence-electron chi connectivity index (χ2n) is 4.19. The highest BCUT2D eigenvalue weighted by atomic mass is 15.4. The molecule has 0 unspecified atom stereocenters. The predicted octanol–water partition coefficient (Wildman–Crippen LogP) is 0.825. The fourth-order valence-corrected chi connectivity index (χ4v) is 1.90. The Morgan fingerprint density at radius 1 is 1.28 bits per heavy atom. The molecule has 6 heteroatoms. The third-order valence-corrected chi connectivity index (χ3v) is 2.82. The first-order valence-electron chi connectivity index (χ1n) is 6.35. The van der Waals surface area contributed by atoms with Gasteiger partial charge in [0.25, 0.3) is 0 Å². The summed E-state index contributed by atoms with van der Waals surface area (Å²) in [6.07, 6.45) is 2.73. The van der Waals surface area contributed by atoms with Crippen molar-refractivity contribution in [3.05, 3.63) is 29.6 Å². The Morgan fingerprint density at radius 3 is 2.78 bits per heavy atom. The van der Waals surface area contributed by atoms with Gasteiger partial charge in [0.05, 0.1) is 24.5 Å². The van der Waals surface area contributed by atoms with Crippen molar-refractivity contribution < 1.29 is 0 Å². The molecule has 98 valence electrons.